The molecule has 0 spiro atoms. The van der Waals surface area contributed by atoms with Crippen LogP contribution in [-0.4, -0.2) is 38.4 Å². The maximum Gasteiger partial charge on any atom is 0.148 e. The lowest BCUT2D eigenvalue weighted by Gasteiger charge is -2.29. The second-order valence-corrected chi connectivity index (χ2v) is 6.90. The van der Waals surface area contributed by atoms with E-state index in [1.54, 1.807) is 0 Å². The average Bonchev–Trinajstić information content (AvgIpc) is 2.26. The fraction of sp³-hybridized carbons (Fsp3) is 0.500. The van der Waals surface area contributed by atoms with Crippen molar-refractivity contribution >= 4 is 15.5 Å². The fourth-order valence-corrected chi connectivity index (χ4v) is 2.77. The Labute approximate surface area is 102 Å². The van der Waals surface area contributed by atoms with Crippen molar-refractivity contribution < 1.29 is 8.42 Å². The van der Waals surface area contributed by atoms with Gasteiger partial charge in [-0.05, 0) is 23.6 Å². The van der Waals surface area contributed by atoms with Crippen molar-refractivity contribution in [2.24, 2.45) is 0 Å². The zero-order chi connectivity index (χ0) is 12.5. The van der Waals surface area contributed by atoms with Crippen LogP contribution in [0.4, 0.5) is 5.69 Å². The molecule has 0 aromatic heterocycles. The molecule has 1 aromatic carbocycles. The first kappa shape index (κ1) is 12.4. The van der Waals surface area contributed by atoms with Crippen LogP contribution in [0.3, 0.4) is 0 Å². The number of rotatable bonds is 3. The Morgan fingerprint density at radius 3 is 2.88 bits per heavy atom. The van der Waals surface area contributed by atoms with E-state index in [0.717, 1.165) is 25.2 Å². The van der Waals surface area contributed by atoms with Gasteiger partial charge in [0, 0.05) is 31.6 Å². The number of nitrogens with two attached hydrogens (primary N) is 1. The number of hydrogen-bond donors (Lipinski definition) is 1. The molecule has 2 rings (SSSR count). The van der Waals surface area contributed by atoms with Gasteiger partial charge in [-0.15, -0.1) is 0 Å². The molecule has 0 saturated carbocycles. The number of nitrogen functional groups attached to an aromatic ring is 1. The average molecular weight is 254 g/mol. The first-order chi connectivity index (χ1) is 7.96. The molecule has 1 aliphatic rings. The van der Waals surface area contributed by atoms with E-state index in [9.17, 15) is 8.42 Å². The van der Waals surface area contributed by atoms with Crippen LogP contribution in [0, 0.1) is 0 Å². The fourth-order valence-electron chi connectivity index (χ4n) is 2.18. The summed E-state index contributed by atoms with van der Waals surface area (Å²) < 4.78 is 22.3. The van der Waals surface area contributed by atoms with Crippen LogP contribution < -0.4 is 5.73 Å². The van der Waals surface area contributed by atoms with Gasteiger partial charge in [0.25, 0.3) is 0 Å². The van der Waals surface area contributed by atoms with Crippen LogP contribution in [-0.2, 0) is 22.8 Å². The van der Waals surface area contributed by atoms with Crippen LogP contribution in [0.1, 0.15) is 11.1 Å². The monoisotopic (exact) mass is 254 g/mol. The zero-order valence-electron chi connectivity index (χ0n) is 10.0. The molecule has 0 fully saturated rings. The summed E-state index contributed by atoms with van der Waals surface area (Å²) in [6.45, 7) is 2.29. The molecule has 4 nitrogen and oxygen atoms in total. The highest BCUT2D eigenvalue weighted by molar-refractivity contribution is 7.90. The van der Waals surface area contributed by atoms with E-state index in [1.807, 2.05) is 12.1 Å². The van der Waals surface area contributed by atoms with Gasteiger partial charge in [0.05, 0.1) is 5.75 Å². The Morgan fingerprint density at radius 1 is 1.41 bits per heavy atom. The predicted molar refractivity (Wildman–Crippen MR) is 69.5 cm³/mol. The molecule has 1 aromatic rings. The second kappa shape index (κ2) is 4.66. The van der Waals surface area contributed by atoms with Gasteiger partial charge in [-0.3, -0.25) is 4.90 Å². The van der Waals surface area contributed by atoms with Crippen molar-refractivity contribution in [3.8, 4) is 0 Å². The number of sulfone groups is 1. The van der Waals surface area contributed by atoms with Gasteiger partial charge in [-0.25, -0.2) is 8.42 Å². The highest BCUT2D eigenvalue weighted by Crippen LogP contribution is 2.23. The lowest BCUT2D eigenvalue weighted by atomic mass is 9.98. The molecule has 1 aliphatic heterocycles. The summed E-state index contributed by atoms with van der Waals surface area (Å²) >= 11 is 0. The third-order valence-corrected chi connectivity index (χ3v) is 4.08. The molecule has 0 amide bonds. The minimum absolute atomic E-state index is 0.227. The van der Waals surface area contributed by atoms with Gasteiger partial charge < -0.3 is 5.73 Å². The zero-order valence-corrected chi connectivity index (χ0v) is 10.8. The number of benzene rings is 1. The Hall–Kier alpha value is -1.07. The van der Waals surface area contributed by atoms with E-state index in [-0.39, 0.29) is 5.75 Å². The van der Waals surface area contributed by atoms with E-state index in [0.29, 0.717) is 6.54 Å². The van der Waals surface area contributed by atoms with Gasteiger partial charge in [0.15, 0.2) is 0 Å². The molecular weight excluding hydrogens is 236 g/mol. The molecule has 0 bridgehead atoms. The molecule has 1 heterocycles. The highest BCUT2D eigenvalue weighted by Gasteiger charge is 2.18. The maximum atomic E-state index is 11.1. The van der Waals surface area contributed by atoms with Crippen LogP contribution in [0.5, 0.6) is 0 Å². The summed E-state index contributed by atoms with van der Waals surface area (Å²) in [5.74, 6) is 0.227. The van der Waals surface area contributed by atoms with Crippen molar-refractivity contribution in [1.29, 1.82) is 0 Å². The smallest absolute Gasteiger partial charge is 0.148 e. The van der Waals surface area contributed by atoms with E-state index in [2.05, 4.69) is 11.0 Å². The van der Waals surface area contributed by atoms with Crippen molar-refractivity contribution in [3.05, 3.63) is 29.3 Å². The van der Waals surface area contributed by atoms with Crippen molar-refractivity contribution in [2.45, 2.75) is 13.0 Å². The van der Waals surface area contributed by atoms with E-state index < -0.39 is 9.84 Å². The maximum absolute atomic E-state index is 11.1. The summed E-state index contributed by atoms with van der Waals surface area (Å²) in [5.41, 5.74) is 9.22. The molecule has 2 N–H and O–H groups in total. The number of hydrogen-bond acceptors (Lipinski definition) is 4. The van der Waals surface area contributed by atoms with Crippen LogP contribution in [0.2, 0.25) is 0 Å². The number of anilines is 1. The molecule has 17 heavy (non-hydrogen) atoms. The second-order valence-electron chi connectivity index (χ2n) is 4.64. The summed E-state index contributed by atoms with van der Waals surface area (Å²) in [6, 6.07) is 5.94. The molecule has 94 valence electrons. The van der Waals surface area contributed by atoms with Crippen LogP contribution in [0.25, 0.3) is 0 Å². The molecule has 0 radical (unpaired) electrons. The Kier molecular flexibility index (Phi) is 3.40. The summed E-state index contributed by atoms with van der Waals surface area (Å²) in [4.78, 5) is 2.17. The SMILES string of the molecule is CS(=O)(=O)CCN1CCc2c(N)cccc2C1. The molecule has 5 heteroatoms. The minimum Gasteiger partial charge on any atom is -0.398 e. The third-order valence-electron chi connectivity index (χ3n) is 3.16. The van der Waals surface area contributed by atoms with Gasteiger partial charge >= 0.3 is 0 Å². The van der Waals surface area contributed by atoms with E-state index >= 15 is 0 Å². The summed E-state index contributed by atoms with van der Waals surface area (Å²) in [7, 11) is -2.88. The van der Waals surface area contributed by atoms with Crippen molar-refractivity contribution in [1.82, 2.24) is 4.90 Å². The van der Waals surface area contributed by atoms with E-state index in [4.69, 9.17) is 5.73 Å². The van der Waals surface area contributed by atoms with Crippen molar-refractivity contribution in [2.75, 3.05) is 30.8 Å². The predicted octanol–water partition coefficient (Wildman–Crippen LogP) is 0.672. The topological polar surface area (TPSA) is 63.4 Å². The standard InChI is InChI=1S/C12H18N2O2S/c1-17(15,16)8-7-14-6-5-11-10(9-14)3-2-4-12(11)13/h2-4H,5-9,13H2,1H3. The quantitative estimate of drug-likeness (QED) is 0.805. The largest absolute Gasteiger partial charge is 0.398 e. The van der Waals surface area contributed by atoms with Gasteiger partial charge in [0.2, 0.25) is 0 Å². The lowest BCUT2D eigenvalue weighted by Crippen LogP contribution is -2.34. The summed E-state index contributed by atoms with van der Waals surface area (Å²) in [6.07, 6.45) is 2.19. The Bertz CT molecular complexity index is 511. The molecule has 0 aliphatic carbocycles. The first-order valence-corrected chi connectivity index (χ1v) is 7.78. The van der Waals surface area contributed by atoms with Crippen LogP contribution >= 0.6 is 0 Å². The van der Waals surface area contributed by atoms with Crippen molar-refractivity contribution in [3.63, 3.8) is 0 Å². The normalized spacial score (nSPS) is 16.8. The number of fused-ring (bicyclic) bond motifs is 1. The van der Waals surface area contributed by atoms with Crippen LogP contribution in [0.15, 0.2) is 18.2 Å². The highest BCUT2D eigenvalue weighted by atomic mass is 32.2. The Morgan fingerprint density at radius 2 is 2.18 bits per heavy atom. The number of nitrogens with zero attached hydrogens (tertiary/aromatic N) is 1. The third kappa shape index (κ3) is 3.20. The molecule has 0 saturated heterocycles. The summed E-state index contributed by atoms with van der Waals surface area (Å²) in [5, 5.41) is 0. The molecular formula is C12H18N2O2S. The molecule has 0 atom stereocenters. The minimum atomic E-state index is -2.88. The Balaban J connectivity index is 2.04. The first-order valence-electron chi connectivity index (χ1n) is 5.72. The molecule has 0 unspecified atom stereocenters. The van der Waals surface area contributed by atoms with Gasteiger partial charge in [-0.2, -0.15) is 0 Å². The van der Waals surface area contributed by atoms with Gasteiger partial charge in [0.1, 0.15) is 9.84 Å². The lowest BCUT2D eigenvalue weighted by molar-refractivity contribution is 0.269. The van der Waals surface area contributed by atoms with E-state index in [1.165, 1.54) is 17.4 Å². The van der Waals surface area contributed by atoms with Gasteiger partial charge in [-0.1, -0.05) is 12.1 Å².